The molecule has 33 heavy (non-hydrogen) atoms. The molecule has 0 spiro atoms. The van der Waals surface area contributed by atoms with Gasteiger partial charge in [-0.1, -0.05) is 6.07 Å². The highest BCUT2D eigenvalue weighted by Crippen LogP contribution is 2.40. The molecule has 0 aliphatic carbocycles. The third-order valence-corrected chi connectivity index (χ3v) is 5.79. The summed E-state index contributed by atoms with van der Waals surface area (Å²) in [6.07, 6.45) is 0. The molecule has 0 aromatic heterocycles. The molecule has 0 aliphatic rings. The summed E-state index contributed by atoms with van der Waals surface area (Å²) in [5, 5.41) is 30.1. The topological polar surface area (TPSA) is 73.2 Å². The quantitative estimate of drug-likeness (QED) is 0.303. The van der Waals surface area contributed by atoms with E-state index in [1.165, 1.54) is 0 Å². The Kier molecular flexibility index (Phi) is 5.88. The van der Waals surface area contributed by atoms with Gasteiger partial charge in [0.1, 0.15) is 28.7 Å². The van der Waals surface area contributed by atoms with Crippen LogP contribution >= 0.6 is 0 Å². The van der Waals surface area contributed by atoms with Crippen LogP contribution in [0.25, 0.3) is 0 Å². The Morgan fingerprint density at radius 2 is 1.18 bits per heavy atom. The van der Waals surface area contributed by atoms with E-state index >= 15 is 0 Å². The van der Waals surface area contributed by atoms with Crippen molar-refractivity contribution in [2.45, 2.75) is 27.7 Å². The zero-order valence-electron chi connectivity index (χ0n) is 19.1. The molecule has 4 aromatic rings. The van der Waals surface area contributed by atoms with E-state index in [9.17, 15) is 15.3 Å². The first-order valence-corrected chi connectivity index (χ1v) is 10.7. The number of aromatic hydroxyl groups is 3. The number of nitrogens with zero attached hydrogens (tertiary/aromatic N) is 1. The molecule has 168 valence electrons. The standard InChI is InChI=1S/C28H27NO4/c1-17-14-24(30)16-28(20(17)4)33-25-7-5-6-21(15-25)29(22-8-10-26(31)18(2)12-22)23-9-11-27(32)19(3)13-23/h5-16,30-32H,1-4H3. The molecule has 0 bridgehead atoms. The van der Waals surface area contributed by atoms with Gasteiger partial charge in [-0.2, -0.15) is 0 Å². The summed E-state index contributed by atoms with van der Waals surface area (Å²) in [6, 6.07) is 21.8. The average Bonchev–Trinajstić information content (AvgIpc) is 2.77. The van der Waals surface area contributed by atoms with Gasteiger partial charge in [0.25, 0.3) is 0 Å². The lowest BCUT2D eigenvalue weighted by molar-refractivity contribution is 0.452. The van der Waals surface area contributed by atoms with Crippen LogP contribution in [0.2, 0.25) is 0 Å². The molecular formula is C28H27NO4. The Morgan fingerprint density at radius 3 is 1.76 bits per heavy atom. The Hall–Kier alpha value is -4.12. The van der Waals surface area contributed by atoms with Gasteiger partial charge in [-0.3, -0.25) is 0 Å². The first-order chi connectivity index (χ1) is 15.7. The van der Waals surface area contributed by atoms with E-state index in [1.54, 1.807) is 24.3 Å². The lowest BCUT2D eigenvalue weighted by Gasteiger charge is -2.27. The number of hydrogen-bond donors (Lipinski definition) is 3. The second-order valence-electron chi connectivity index (χ2n) is 8.26. The first-order valence-electron chi connectivity index (χ1n) is 10.7. The average molecular weight is 442 g/mol. The minimum atomic E-state index is 0.157. The summed E-state index contributed by atoms with van der Waals surface area (Å²) in [6.45, 7) is 7.59. The minimum absolute atomic E-state index is 0.157. The van der Waals surface area contributed by atoms with Crippen molar-refractivity contribution in [1.82, 2.24) is 0 Å². The zero-order chi connectivity index (χ0) is 23.7. The molecule has 0 heterocycles. The molecule has 0 fully saturated rings. The van der Waals surface area contributed by atoms with Crippen LogP contribution in [0.3, 0.4) is 0 Å². The molecule has 4 rings (SSSR count). The van der Waals surface area contributed by atoms with E-state index in [0.29, 0.717) is 11.5 Å². The number of rotatable bonds is 5. The third-order valence-electron chi connectivity index (χ3n) is 5.79. The summed E-state index contributed by atoms with van der Waals surface area (Å²) in [5.74, 6) is 1.83. The van der Waals surface area contributed by atoms with Crippen molar-refractivity contribution in [3.05, 3.63) is 95.1 Å². The molecule has 0 saturated carbocycles. The number of benzene rings is 4. The van der Waals surface area contributed by atoms with Crippen molar-refractivity contribution in [3.8, 4) is 28.7 Å². The van der Waals surface area contributed by atoms with Crippen LogP contribution in [-0.4, -0.2) is 15.3 Å². The fraction of sp³-hybridized carbons (Fsp3) is 0.143. The largest absolute Gasteiger partial charge is 0.508 e. The zero-order valence-corrected chi connectivity index (χ0v) is 19.1. The number of aryl methyl sites for hydroxylation is 3. The number of hydrogen-bond acceptors (Lipinski definition) is 5. The van der Waals surface area contributed by atoms with E-state index in [0.717, 1.165) is 39.3 Å². The molecule has 0 unspecified atom stereocenters. The van der Waals surface area contributed by atoms with Crippen LogP contribution < -0.4 is 9.64 Å². The normalized spacial score (nSPS) is 10.8. The third kappa shape index (κ3) is 4.58. The predicted octanol–water partition coefficient (Wildman–Crippen LogP) is 7.30. The molecule has 5 heteroatoms. The van der Waals surface area contributed by atoms with Crippen LogP contribution in [0.4, 0.5) is 17.1 Å². The highest BCUT2D eigenvalue weighted by Gasteiger charge is 2.16. The summed E-state index contributed by atoms with van der Waals surface area (Å²) in [7, 11) is 0. The van der Waals surface area contributed by atoms with Gasteiger partial charge in [0, 0.05) is 29.2 Å². The second kappa shape index (κ2) is 8.79. The molecular weight excluding hydrogens is 414 g/mol. The van der Waals surface area contributed by atoms with Crippen molar-refractivity contribution in [2.24, 2.45) is 0 Å². The van der Waals surface area contributed by atoms with Gasteiger partial charge in [-0.15, -0.1) is 0 Å². The summed E-state index contributed by atoms with van der Waals surface area (Å²) >= 11 is 0. The smallest absolute Gasteiger partial charge is 0.134 e. The molecule has 0 radical (unpaired) electrons. The molecule has 3 N–H and O–H groups in total. The monoisotopic (exact) mass is 441 g/mol. The fourth-order valence-corrected chi connectivity index (χ4v) is 3.73. The Bertz CT molecular complexity index is 1280. The SMILES string of the molecule is Cc1cc(N(c2cccc(Oc3cc(O)cc(C)c3C)c2)c2ccc(O)c(C)c2)ccc1O. The lowest BCUT2D eigenvalue weighted by Crippen LogP contribution is -2.10. The fourth-order valence-electron chi connectivity index (χ4n) is 3.73. The minimum Gasteiger partial charge on any atom is -0.508 e. The van der Waals surface area contributed by atoms with Gasteiger partial charge < -0.3 is 25.0 Å². The van der Waals surface area contributed by atoms with Gasteiger partial charge >= 0.3 is 0 Å². The van der Waals surface area contributed by atoms with E-state index in [1.807, 2.05) is 81.1 Å². The highest BCUT2D eigenvalue weighted by molar-refractivity contribution is 5.78. The Balaban J connectivity index is 1.81. The maximum atomic E-state index is 10.0. The van der Waals surface area contributed by atoms with Crippen molar-refractivity contribution in [2.75, 3.05) is 4.90 Å². The van der Waals surface area contributed by atoms with E-state index in [2.05, 4.69) is 0 Å². The van der Waals surface area contributed by atoms with Crippen LogP contribution in [0.1, 0.15) is 22.3 Å². The summed E-state index contributed by atoms with van der Waals surface area (Å²) in [5.41, 5.74) is 5.98. The highest BCUT2D eigenvalue weighted by atomic mass is 16.5. The van der Waals surface area contributed by atoms with E-state index in [4.69, 9.17) is 4.74 Å². The van der Waals surface area contributed by atoms with Crippen molar-refractivity contribution in [3.63, 3.8) is 0 Å². The van der Waals surface area contributed by atoms with E-state index < -0.39 is 0 Å². The number of phenolic OH excluding ortho intramolecular Hbond substituents is 3. The summed E-state index contributed by atoms with van der Waals surface area (Å²) in [4.78, 5) is 2.03. The summed E-state index contributed by atoms with van der Waals surface area (Å²) < 4.78 is 6.15. The maximum absolute atomic E-state index is 10.0. The molecule has 0 amide bonds. The van der Waals surface area contributed by atoms with Crippen molar-refractivity contribution < 1.29 is 20.1 Å². The molecule has 4 aromatic carbocycles. The van der Waals surface area contributed by atoms with Gasteiger partial charge in [-0.05, 0) is 105 Å². The van der Waals surface area contributed by atoms with Gasteiger partial charge in [-0.25, -0.2) is 0 Å². The maximum Gasteiger partial charge on any atom is 0.134 e. The lowest BCUT2D eigenvalue weighted by atomic mass is 10.1. The molecule has 5 nitrogen and oxygen atoms in total. The molecule has 0 saturated heterocycles. The van der Waals surface area contributed by atoms with Gasteiger partial charge in [0.2, 0.25) is 0 Å². The van der Waals surface area contributed by atoms with Gasteiger partial charge in [0.05, 0.1) is 0 Å². The molecule has 0 atom stereocenters. The Labute approximate surface area is 193 Å². The van der Waals surface area contributed by atoms with Crippen LogP contribution in [0, 0.1) is 27.7 Å². The number of phenols is 3. The van der Waals surface area contributed by atoms with Crippen LogP contribution in [-0.2, 0) is 0 Å². The van der Waals surface area contributed by atoms with Crippen molar-refractivity contribution >= 4 is 17.1 Å². The van der Waals surface area contributed by atoms with Crippen LogP contribution in [0.15, 0.2) is 72.8 Å². The van der Waals surface area contributed by atoms with Crippen molar-refractivity contribution in [1.29, 1.82) is 0 Å². The first kappa shape index (κ1) is 22.1. The van der Waals surface area contributed by atoms with E-state index in [-0.39, 0.29) is 17.2 Å². The molecule has 0 aliphatic heterocycles. The predicted molar refractivity (Wildman–Crippen MR) is 132 cm³/mol. The Morgan fingerprint density at radius 1 is 0.606 bits per heavy atom. The number of ether oxygens (including phenoxy) is 1. The second-order valence-corrected chi connectivity index (χ2v) is 8.26. The van der Waals surface area contributed by atoms with Gasteiger partial charge in [0.15, 0.2) is 0 Å². The number of anilines is 3. The van der Waals surface area contributed by atoms with Crippen LogP contribution in [0.5, 0.6) is 28.7 Å².